The Bertz CT molecular complexity index is 1250. The smallest absolute Gasteiger partial charge is 0.339 e. The van der Waals surface area contributed by atoms with Crippen LogP contribution in [0.15, 0.2) is 78.2 Å². The second-order valence-corrected chi connectivity index (χ2v) is 7.73. The van der Waals surface area contributed by atoms with E-state index < -0.39 is 5.97 Å². The molecule has 168 valence electrons. The Morgan fingerprint density at radius 2 is 1.70 bits per heavy atom. The van der Waals surface area contributed by atoms with Crippen LogP contribution in [0.2, 0.25) is 0 Å². The van der Waals surface area contributed by atoms with Gasteiger partial charge in [-0.3, -0.25) is 9.47 Å². The van der Waals surface area contributed by atoms with E-state index in [0.717, 1.165) is 11.3 Å². The third-order valence-electron chi connectivity index (χ3n) is 4.72. The van der Waals surface area contributed by atoms with E-state index in [1.807, 2.05) is 58.1 Å². The summed E-state index contributed by atoms with van der Waals surface area (Å²) >= 11 is 1.23. The van der Waals surface area contributed by atoms with Gasteiger partial charge in [-0.2, -0.15) is 0 Å². The molecule has 2 aromatic carbocycles. The maximum absolute atomic E-state index is 12.6. The number of carbonyl (C=O) groups excluding carboxylic acids is 2. The van der Waals surface area contributed by atoms with Crippen molar-refractivity contribution in [2.24, 2.45) is 0 Å². The molecule has 0 aliphatic heterocycles. The highest BCUT2D eigenvalue weighted by Crippen LogP contribution is 2.26. The van der Waals surface area contributed by atoms with Crippen LogP contribution in [0.1, 0.15) is 10.4 Å². The van der Waals surface area contributed by atoms with Crippen molar-refractivity contribution in [3.63, 3.8) is 0 Å². The molecule has 0 fully saturated rings. The fraction of sp³-hybridized carbons (Fsp3) is 0.130. The third-order valence-corrected chi connectivity index (χ3v) is 5.64. The van der Waals surface area contributed by atoms with Crippen LogP contribution in [0.25, 0.3) is 11.4 Å². The molecule has 0 saturated heterocycles. The van der Waals surface area contributed by atoms with Gasteiger partial charge < -0.3 is 14.8 Å². The van der Waals surface area contributed by atoms with Crippen molar-refractivity contribution in [2.75, 3.05) is 25.3 Å². The van der Waals surface area contributed by atoms with Crippen LogP contribution < -0.4 is 10.1 Å². The number of anilines is 1. The zero-order chi connectivity index (χ0) is 23.2. The predicted molar refractivity (Wildman–Crippen MR) is 124 cm³/mol. The van der Waals surface area contributed by atoms with Crippen molar-refractivity contribution >= 4 is 29.3 Å². The summed E-state index contributed by atoms with van der Waals surface area (Å²) in [6, 6.07) is 18.0. The highest BCUT2D eigenvalue weighted by atomic mass is 32.2. The van der Waals surface area contributed by atoms with Crippen molar-refractivity contribution in [3.05, 3.63) is 78.6 Å². The second-order valence-electron chi connectivity index (χ2n) is 6.78. The van der Waals surface area contributed by atoms with E-state index in [1.165, 1.54) is 18.9 Å². The molecule has 4 aromatic rings. The maximum Gasteiger partial charge on any atom is 0.339 e. The average Bonchev–Trinajstić information content (AvgIpc) is 3.52. The molecule has 4 rings (SSSR count). The first kappa shape index (κ1) is 22.2. The quantitative estimate of drug-likeness (QED) is 0.315. The molecule has 0 atom stereocenters. The number of esters is 1. The van der Waals surface area contributed by atoms with Gasteiger partial charge >= 0.3 is 5.97 Å². The molecule has 2 aromatic heterocycles. The Morgan fingerprint density at radius 3 is 2.39 bits per heavy atom. The van der Waals surface area contributed by atoms with Gasteiger partial charge in [0.05, 0.1) is 31.2 Å². The number of rotatable bonds is 8. The number of benzene rings is 2. The molecule has 0 aliphatic carbocycles. The molecule has 2 heterocycles. The summed E-state index contributed by atoms with van der Waals surface area (Å²) in [5.74, 6) is 0.619. The number of para-hydroxylation sites is 1. The Hall–Kier alpha value is -4.05. The van der Waals surface area contributed by atoms with Gasteiger partial charge in [-0.1, -0.05) is 23.9 Å². The van der Waals surface area contributed by atoms with Crippen LogP contribution >= 0.6 is 11.8 Å². The molecule has 9 nitrogen and oxygen atoms in total. The Kier molecular flexibility index (Phi) is 6.75. The molecule has 0 saturated carbocycles. The molecule has 0 bridgehead atoms. The normalized spacial score (nSPS) is 10.6. The lowest BCUT2D eigenvalue weighted by atomic mass is 10.2. The highest BCUT2D eigenvalue weighted by molar-refractivity contribution is 7.99. The first-order valence-corrected chi connectivity index (χ1v) is 10.9. The van der Waals surface area contributed by atoms with Crippen molar-refractivity contribution < 1.29 is 19.1 Å². The molecule has 1 N–H and O–H groups in total. The monoisotopic (exact) mass is 463 g/mol. The largest absolute Gasteiger partial charge is 0.497 e. The van der Waals surface area contributed by atoms with Gasteiger partial charge in [0, 0.05) is 18.0 Å². The van der Waals surface area contributed by atoms with Crippen molar-refractivity contribution in [1.29, 1.82) is 0 Å². The molecule has 1 amide bonds. The molecular weight excluding hydrogens is 442 g/mol. The van der Waals surface area contributed by atoms with Crippen LogP contribution in [0.3, 0.4) is 0 Å². The van der Waals surface area contributed by atoms with Crippen molar-refractivity contribution in [3.8, 4) is 17.1 Å². The van der Waals surface area contributed by atoms with Crippen molar-refractivity contribution in [2.45, 2.75) is 5.16 Å². The van der Waals surface area contributed by atoms with E-state index >= 15 is 0 Å². The number of nitrogens with zero attached hydrogens (tertiary/aromatic N) is 4. The van der Waals surface area contributed by atoms with Crippen LogP contribution in [-0.4, -0.2) is 51.4 Å². The van der Waals surface area contributed by atoms with Gasteiger partial charge in [0.1, 0.15) is 5.75 Å². The summed E-state index contributed by atoms with van der Waals surface area (Å²) in [5.41, 5.74) is 1.52. The number of hydrogen-bond acceptors (Lipinski definition) is 7. The van der Waals surface area contributed by atoms with E-state index in [9.17, 15) is 9.59 Å². The van der Waals surface area contributed by atoms with Gasteiger partial charge in [-0.25, -0.2) is 9.47 Å². The van der Waals surface area contributed by atoms with Gasteiger partial charge in [-0.05, 0) is 48.5 Å². The lowest BCUT2D eigenvalue weighted by Crippen LogP contribution is -2.18. The van der Waals surface area contributed by atoms with E-state index in [-0.39, 0.29) is 17.2 Å². The molecule has 0 radical (unpaired) electrons. The zero-order valence-electron chi connectivity index (χ0n) is 18.0. The summed E-state index contributed by atoms with van der Waals surface area (Å²) in [4.78, 5) is 24.6. The summed E-state index contributed by atoms with van der Waals surface area (Å²) < 4.78 is 13.7. The zero-order valence-corrected chi connectivity index (χ0v) is 18.8. The number of carbonyl (C=O) groups is 2. The molecule has 0 aliphatic rings. The Morgan fingerprint density at radius 1 is 0.970 bits per heavy atom. The average molecular weight is 464 g/mol. The number of thioether (sulfide) groups is 1. The third kappa shape index (κ3) is 4.90. The maximum atomic E-state index is 12.6. The van der Waals surface area contributed by atoms with Gasteiger partial charge in [0.2, 0.25) is 11.1 Å². The minimum Gasteiger partial charge on any atom is -0.497 e. The fourth-order valence-electron chi connectivity index (χ4n) is 3.14. The molecule has 0 unspecified atom stereocenters. The summed E-state index contributed by atoms with van der Waals surface area (Å²) in [6.07, 6.45) is 3.74. The van der Waals surface area contributed by atoms with E-state index in [0.29, 0.717) is 16.7 Å². The molecular formula is C23H21N5O4S. The van der Waals surface area contributed by atoms with Gasteiger partial charge in [0.25, 0.3) is 0 Å². The predicted octanol–water partition coefficient (Wildman–Crippen LogP) is 3.58. The number of aromatic nitrogens is 4. The Labute approximate surface area is 194 Å². The number of nitrogens with one attached hydrogen (secondary N) is 1. The van der Waals surface area contributed by atoms with Crippen LogP contribution in [0.4, 0.5) is 5.69 Å². The van der Waals surface area contributed by atoms with E-state index in [1.54, 1.807) is 31.4 Å². The minimum absolute atomic E-state index is 0.0670. The fourth-order valence-corrected chi connectivity index (χ4v) is 3.87. The summed E-state index contributed by atoms with van der Waals surface area (Å²) in [5, 5.41) is 11.9. The van der Waals surface area contributed by atoms with Crippen LogP contribution in [0.5, 0.6) is 5.75 Å². The number of amides is 1. The van der Waals surface area contributed by atoms with Crippen LogP contribution in [0, 0.1) is 0 Å². The van der Waals surface area contributed by atoms with Gasteiger partial charge in [-0.15, -0.1) is 10.2 Å². The Balaban J connectivity index is 1.55. The SMILES string of the molecule is COC(=O)c1ccccc1NC(=O)CSc1nnc(-c2ccc(OC)cc2)n1-n1cccc1. The van der Waals surface area contributed by atoms with Crippen molar-refractivity contribution in [1.82, 2.24) is 19.5 Å². The standard InChI is InChI=1S/C23H21N5O4S/c1-31-17-11-9-16(10-12-17)21-25-26-23(28(21)27-13-5-6-14-27)33-15-20(29)24-19-8-4-3-7-18(19)22(30)32-2/h3-14H,15H2,1-2H3,(H,24,29). The first-order valence-electron chi connectivity index (χ1n) is 9.94. The highest BCUT2D eigenvalue weighted by Gasteiger charge is 2.18. The summed E-state index contributed by atoms with van der Waals surface area (Å²) in [6.45, 7) is 0. The molecule has 33 heavy (non-hydrogen) atoms. The first-order chi connectivity index (χ1) is 16.1. The van der Waals surface area contributed by atoms with E-state index in [2.05, 4.69) is 15.5 Å². The lowest BCUT2D eigenvalue weighted by Gasteiger charge is -2.12. The minimum atomic E-state index is -0.518. The number of ether oxygens (including phenoxy) is 2. The summed E-state index contributed by atoms with van der Waals surface area (Å²) in [7, 11) is 2.91. The number of hydrogen-bond donors (Lipinski definition) is 1. The van der Waals surface area contributed by atoms with Crippen LogP contribution in [-0.2, 0) is 9.53 Å². The van der Waals surface area contributed by atoms with E-state index in [4.69, 9.17) is 9.47 Å². The lowest BCUT2D eigenvalue weighted by molar-refractivity contribution is -0.113. The number of methoxy groups -OCH3 is 2. The topological polar surface area (TPSA) is 100 Å². The van der Waals surface area contributed by atoms with Gasteiger partial charge in [0.15, 0.2) is 5.82 Å². The molecule has 0 spiro atoms. The molecule has 10 heteroatoms. The second kappa shape index (κ2) is 10.0.